The van der Waals surface area contributed by atoms with Gasteiger partial charge in [0.1, 0.15) is 11.6 Å². The number of alkyl halides is 3. The summed E-state index contributed by atoms with van der Waals surface area (Å²) in [4.78, 5) is 25.2. The summed E-state index contributed by atoms with van der Waals surface area (Å²) in [6, 6.07) is 14.7. The van der Waals surface area contributed by atoms with Crippen molar-refractivity contribution in [3.8, 4) is 11.4 Å². The first-order valence-electron chi connectivity index (χ1n) is 11.5. The van der Waals surface area contributed by atoms with Crippen molar-refractivity contribution in [2.24, 2.45) is 0 Å². The molecule has 40 heavy (non-hydrogen) atoms. The van der Waals surface area contributed by atoms with Crippen molar-refractivity contribution in [3.05, 3.63) is 94.5 Å². The summed E-state index contributed by atoms with van der Waals surface area (Å²) >= 11 is 6.93. The molecule has 14 heteroatoms. The molecule has 0 fully saturated rings. The molecule has 1 heterocycles. The Kier molecular flexibility index (Phi) is 8.95. The van der Waals surface area contributed by atoms with E-state index in [9.17, 15) is 27.2 Å². The molecule has 0 bridgehead atoms. The number of hydrogen-bond donors (Lipinski definition) is 2. The molecule has 0 spiro atoms. The van der Waals surface area contributed by atoms with Gasteiger partial charge in [0, 0.05) is 5.56 Å². The van der Waals surface area contributed by atoms with Crippen molar-refractivity contribution in [2.45, 2.75) is 17.9 Å². The number of amides is 2. The molecule has 2 amide bonds. The molecular formula is C26H20ClF4N5O3S. The van der Waals surface area contributed by atoms with E-state index in [1.54, 1.807) is 28.8 Å². The van der Waals surface area contributed by atoms with Gasteiger partial charge in [-0.2, -0.15) is 13.2 Å². The second-order valence-corrected chi connectivity index (χ2v) is 9.48. The van der Waals surface area contributed by atoms with E-state index in [1.807, 2.05) is 0 Å². The maximum Gasteiger partial charge on any atom is 0.416 e. The molecule has 4 rings (SSSR count). The highest BCUT2D eigenvalue weighted by molar-refractivity contribution is 7.99. The van der Waals surface area contributed by atoms with Gasteiger partial charge in [0.15, 0.2) is 11.0 Å². The van der Waals surface area contributed by atoms with Crippen molar-refractivity contribution in [2.75, 3.05) is 18.2 Å². The van der Waals surface area contributed by atoms with E-state index in [0.717, 1.165) is 36.0 Å². The second kappa shape index (κ2) is 12.4. The Hall–Kier alpha value is -4.10. The lowest BCUT2D eigenvalue weighted by Crippen LogP contribution is -2.25. The number of carbonyl (C=O) groups is 2. The van der Waals surface area contributed by atoms with Gasteiger partial charge in [0.05, 0.1) is 41.4 Å². The fourth-order valence-corrected chi connectivity index (χ4v) is 4.50. The maximum absolute atomic E-state index is 13.5. The average Bonchev–Trinajstić information content (AvgIpc) is 3.33. The molecule has 0 aliphatic carbocycles. The fraction of sp³-hybridized carbons (Fsp3) is 0.154. The average molecular weight is 594 g/mol. The van der Waals surface area contributed by atoms with Gasteiger partial charge in [0.2, 0.25) is 5.91 Å². The van der Waals surface area contributed by atoms with Crippen LogP contribution in [0.2, 0.25) is 5.02 Å². The van der Waals surface area contributed by atoms with Gasteiger partial charge in [-0.1, -0.05) is 41.6 Å². The number of methoxy groups -OCH3 is 1. The van der Waals surface area contributed by atoms with Crippen LogP contribution in [-0.4, -0.2) is 39.4 Å². The molecule has 3 aromatic carbocycles. The Morgan fingerprint density at radius 3 is 2.55 bits per heavy atom. The number of hydrogen-bond acceptors (Lipinski definition) is 6. The highest BCUT2D eigenvalue weighted by atomic mass is 35.5. The Labute approximate surface area is 234 Å². The number of benzene rings is 3. The van der Waals surface area contributed by atoms with Crippen molar-refractivity contribution in [3.63, 3.8) is 0 Å². The van der Waals surface area contributed by atoms with E-state index in [2.05, 4.69) is 20.8 Å². The smallest absolute Gasteiger partial charge is 0.416 e. The molecule has 4 aromatic rings. The van der Waals surface area contributed by atoms with E-state index in [4.69, 9.17) is 16.3 Å². The Morgan fingerprint density at radius 1 is 1.05 bits per heavy atom. The lowest BCUT2D eigenvalue weighted by Gasteiger charge is -2.14. The van der Waals surface area contributed by atoms with Crippen LogP contribution in [0, 0.1) is 5.82 Å². The molecule has 8 nitrogen and oxygen atoms in total. The number of ether oxygens (including phenoxy) is 1. The molecule has 1 aromatic heterocycles. The van der Waals surface area contributed by atoms with Crippen LogP contribution < -0.4 is 15.4 Å². The lowest BCUT2D eigenvalue weighted by atomic mass is 10.2. The zero-order valence-electron chi connectivity index (χ0n) is 20.6. The predicted octanol–water partition coefficient (Wildman–Crippen LogP) is 5.75. The highest BCUT2D eigenvalue weighted by Crippen LogP contribution is 2.34. The van der Waals surface area contributed by atoms with Crippen LogP contribution in [0.1, 0.15) is 21.7 Å². The SMILES string of the molecule is COc1ccccc1-n1c(CNC(=O)c2cccc(F)c2)nnc1SCC(=O)Nc1cc(C(F)(F)F)ccc1Cl. The molecule has 0 radical (unpaired) electrons. The summed E-state index contributed by atoms with van der Waals surface area (Å²) in [5.74, 6) is -1.27. The minimum Gasteiger partial charge on any atom is -0.495 e. The van der Waals surface area contributed by atoms with Crippen LogP contribution in [0.4, 0.5) is 23.2 Å². The number of thioether (sulfide) groups is 1. The van der Waals surface area contributed by atoms with Crippen LogP contribution in [-0.2, 0) is 17.5 Å². The van der Waals surface area contributed by atoms with E-state index in [1.165, 1.54) is 25.3 Å². The standard InChI is InChI=1S/C26H20ClF4N5O3S/c1-39-21-8-3-2-7-20(21)36-22(13-32-24(38)15-5-4-6-17(28)11-15)34-35-25(36)40-14-23(37)33-19-12-16(26(29,30)31)9-10-18(19)27/h2-12H,13-14H2,1H3,(H,32,38)(H,33,37). The third-order valence-corrected chi connectivity index (χ3v) is 6.68. The van der Waals surface area contributed by atoms with Crippen molar-refractivity contribution >= 4 is 40.9 Å². The van der Waals surface area contributed by atoms with E-state index in [0.29, 0.717) is 11.4 Å². The van der Waals surface area contributed by atoms with Crippen LogP contribution >= 0.6 is 23.4 Å². The quantitative estimate of drug-likeness (QED) is 0.190. The third kappa shape index (κ3) is 6.90. The minimum atomic E-state index is -4.61. The van der Waals surface area contributed by atoms with Crippen molar-refractivity contribution in [1.82, 2.24) is 20.1 Å². The number of rotatable bonds is 9. The monoisotopic (exact) mass is 593 g/mol. The number of nitrogens with one attached hydrogen (secondary N) is 2. The topological polar surface area (TPSA) is 98.1 Å². The molecule has 2 N–H and O–H groups in total. The van der Waals surface area contributed by atoms with Crippen LogP contribution in [0.5, 0.6) is 5.75 Å². The summed E-state index contributed by atoms with van der Waals surface area (Å²) in [6.07, 6.45) is -4.61. The summed E-state index contributed by atoms with van der Waals surface area (Å²) in [7, 11) is 1.47. The van der Waals surface area contributed by atoms with Gasteiger partial charge in [0.25, 0.3) is 5.91 Å². The zero-order valence-corrected chi connectivity index (χ0v) is 22.2. The summed E-state index contributed by atoms with van der Waals surface area (Å²) in [5, 5.41) is 13.5. The number of carbonyl (C=O) groups excluding carboxylic acids is 2. The Bertz CT molecular complexity index is 1550. The lowest BCUT2D eigenvalue weighted by molar-refractivity contribution is -0.137. The Balaban J connectivity index is 1.54. The third-order valence-electron chi connectivity index (χ3n) is 5.42. The van der Waals surface area contributed by atoms with Crippen molar-refractivity contribution in [1.29, 1.82) is 0 Å². The van der Waals surface area contributed by atoms with Gasteiger partial charge in [-0.3, -0.25) is 14.2 Å². The summed E-state index contributed by atoms with van der Waals surface area (Å²) in [5.41, 5.74) is -0.522. The number of nitrogens with zero attached hydrogens (tertiary/aromatic N) is 3. The van der Waals surface area contributed by atoms with Crippen LogP contribution in [0.3, 0.4) is 0 Å². The van der Waals surface area contributed by atoms with Gasteiger partial charge in [-0.05, 0) is 48.5 Å². The Morgan fingerprint density at radius 2 is 1.82 bits per heavy atom. The molecule has 0 saturated carbocycles. The largest absolute Gasteiger partial charge is 0.495 e. The number of para-hydroxylation sites is 2. The molecule has 208 valence electrons. The molecular weight excluding hydrogens is 574 g/mol. The summed E-state index contributed by atoms with van der Waals surface area (Å²) < 4.78 is 59.8. The van der Waals surface area contributed by atoms with E-state index >= 15 is 0 Å². The number of aromatic nitrogens is 3. The molecule has 0 aliphatic heterocycles. The van der Waals surface area contributed by atoms with Gasteiger partial charge in [-0.25, -0.2) is 4.39 Å². The second-order valence-electron chi connectivity index (χ2n) is 8.13. The first-order valence-corrected chi connectivity index (χ1v) is 12.8. The normalized spacial score (nSPS) is 11.2. The van der Waals surface area contributed by atoms with E-state index < -0.39 is 29.4 Å². The first-order chi connectivity index (χ1) is 19.1. The van der Waals surface area contributed by atoms with Gasteiger partial charge >= 0.3 is 6.18 Å². The fourth-order valence-electron chi connectivity index (χ4n) is 3.57. The first kappa shape index (κ1) is 28.9. The van der Waals surface area contributed by atoms with Crippen LogP contribution in [0.15, 0.2) is 71.9 Å². The molecule has 0 unspecified atom stereocenters. The van der Waals surface area contributed by atoms with E-state index in [-0.39, 0.29) is 39.6 Å². The number of halogens is 5. The number of anilines is 1. The maximum atomic E-state index is 13.5. The summed E-state index contributed by atoms with van der Waals surface area (Å²) in [6.45, 7) is -0.104. The van der Waals surface area contributed by atoms with Gasteiger partial charge < -0.3 is 15.4 Å². The molecule has 0 saturated heterocycles. The molecule has 0 aliphatic rings. The minimum absolute atomic E-state index is 0.0557. The predicted molar refractivity (Wildman–Crippen MR) is 141 cm³/mol. The highest BCUT2D eigenvalue weighted by Gasteiger charge is 2.31. The van der Waals surface area contributed by atoms with Crippen molar-refractivity contribution < 1.29 is 31.9 Å². The molecule has 0 atom stereocenters. The van der Waals surface area contributed by atoms with Gasteiger partial charge in [-0.15, -0.1) is 10.2 Å². The van der Waals surface area contributed by atoms with Crippen LogP contribution in [0.25, 0.3) is 5.69 Å². The zero-order chi connectivity index (χ0) is 28.9.